The quantitative estimate of drug-likeness (QED) is 0.621. The number of nitro groups is 1. The predicted molar refractivity (Wildman–Crippen MR) is 92.6 cm³/mol. The zero-order valence-electron chi connectivity index (χ0n) is 14.4. The van der Waals surface area contributed by atoms with E-state index in [0.717, 1.165) is 19.3 Å². The fraction of sp³-hybridized carbons (Fsp3) is 0.579. The van der Waals surface area contributed by atoms with Crippen LogP contribution in [0, 0.1) is 33.3 Å². The van der Waals surface area contributed by atoms with Crippen molar-refractivity contribution in [3.8, 4) is 0 Å². The van der Waals surface area contributed by atoms with Gasteiger partial charge in [0.25, 0.3) is 11.6 Å². The summed E-state index contributed by atoms with van der Waals surface area (Å²) in [5.74, 6) is 0.281. The number of carbonyl (C=O) groups excluding carboxylic acids is 1. The summed E-state index contributed by atoms with van der Waals surface area (Å²) >= 11 is 0. The lowest BCUT2D eigenvalue weighted by molar-refractivity contribution is -0.384. The number of carboxylic acids is 1. The smallest absolute Gasteiger partial charge is 0.326 e. The molecule has 2 N–H and O–H groups in total. The topological polar surface area (TPSA) is 110 Å². The molecule has 26 heavy (non-hydrogen) atoms. The van der Waals surface area contributed by atoms with Gasteiger partial charge in [-0.25, -0.2) is 4.79 Å². The molecule has 4 bridgehead atoms. The first kappa shape index (κ1) is 17.0. The van der Waals surface area contributed by atoms with E-state index in [9.17, 15) is 24.8 Å². The van der Waals surface area contributed by atoms with E-state index in [1.54, 1.807) is 0 Å². The summed E-state index contributed by atoms with van der Waals surface area (Å²) in [7, 11) is 0. The Morgan fingerprint density at radius 3 is 2.00 bits per heavy atom. The summed E-state index contributed by atoms with van der Waals surface area (Å²) < 4.78 is 0. The van der Waals surface area contributed by atoms with E-state index in [2.05, 4.69) is 5.32 Å². The largest absolute Gasteiger partial charge is 0.480 e. The van der Waals surface area contributed by atoms with Crippen LogP contribution in [0.1, 0.15) is 48.9 Å². The molecule has 1 amide bonds. The number of carboxylic acid groups (broad SMARTS) is 1. The van der Waals surface area contributed by atoms with Crippen LogP contribution in [0.3, 0.4) is 0 Å². The molecule has 0 radical (unpaired) electrons. The van der Waals surface area contributed by atoms with Crippen molar-refractivity contribution in [1.82, 2.24) is 5.32 Å². The molecule has 0 unspecified atom stereocenters. The zero-order chi connectivity index (χ0) is 18.5. The molecule has 5 rings (SSSR count). The Balaban J connectivity index is 1.55. The number of nitrogens with zero attached hydrogens (tertiary/aromatic N) is 1. The lowest BCUT2D eigenvalue weighted by Gasteiger charge is -2.58. The van der Waals surface area contributed by atoms with E-state index in [1.807, 2.05) is 0 Å². The molecular weight excluding hydrogens is 336 g/mol. The third-order valence-electron chi connectivity index (χ3n) is 6.56. The molecule has 0 saturated heterocycles. The second kappa shape index (κ2) is 6.07. The molecule has 0 heterocycles. The minimum absolute atomic E-state index is 0.0996. The highest BCUT2D eigenvalue weighted by Gasteiger charge is 2.56. The van der Waals surface area contributed by atoms with Gasteiger partial charge < -0.3 is 10.4 Å². The van der Waals surface area contributed by atoms with Crippen LogP contribution in [-0.2, 0) is 4.79 Å². The van der Waals surface area contributed by atoms with E-state index in [-0.39, 0.29) is 16.7 Å². The number of benzene rings is 1. The molecule has 0 aliphatic heterocycles. The van der Waals surface area contributed by atoms with Gasteiger partial charge in [0.15, 0.2) is 0 Å². The number of nitrogens with one attached hydrogen (secondary N) is 1. The third kappa shape index (κ3) is 2.85. The van der Waals surface area contributed by atoms with Crippen LogP contribution in [0.15, 0.2) is 24.3 Å². The summed E-state index contributed by atoms with van der Waals surface area (Å²) in [4.78, 5) is 34.8. The number of hydrogen-bond acceptors (Lipinski definition) is 4. The molecule has 138 valence electrons. The van der Waals surface area contributed by atoms with Crippen molar-refractivity contribution in [2.45, 2.75) is 44.6 Å². The molecule has 7 nitrogen and oxygen atoms in total. The number of amides is 1. The molecule has 1 aromatic carbocycles. The van der Waals surface area contributed by atoms with Crippen LogP contribution in [0.25, 0.3) is 0 Å². The molecule has 1 atom stereocenters. The minimum atomic E-state index is -0.984. The summed E-state index contributed by atoms with van der Waals surface area (Å²) in [5.41, 5.74) is -0.208. The van der Waals surface area contributed by atoms with Gasteiger partial charge in [-0.3, -0.25) is 14.9 Å². The maximum absolute atomic E-state index is 12.6. The van der Waals surface area contributed by atoms with Crippen molar-refractivity contribution in [2.24, 2.45) is 23.2 Å². The van der Waals surface area contributed by atoms with Gasteiger partial charge in [-0.1, -0.05) is 0 Å². The number of aliphatic carboxylic acids is 1. The molecule has 1 aromatic rings. The second-order valence-electron chi connectivity index (χ2n) is 8.33. The molecule has 0 aromatic heterocycles. The standard InChI is InChI=1S/C19H22N2O5/c22-17(14-1-3-15(4-2-14)21(25)26)20-16(18(23)24)19-8-11-5-12(9-19)7-13(6-11)10-19/h1-4,11-13,16H,5-10H2,(H,20,22)(H,23,24)/t11?,12?,13?,16-,19?/m1/s1. The Morgan fingerprint density at radius 2 is 1.58 bits per heavy atom. The predicted octanol–water partition coefficient (Wildman–Crippen LogP) is 2.99. The van der Waals surface area contributed by atoms with E-state index in [1.165, 1.54) is 43.5 Å². The lowest BCUT2D eigenvalue weighted by atomic mass is 9.47. The van der Waals surface area contributed by atoms with Crippen LogP contribution < -0.4 is 5.32 Å². The Morgan fingerprint density at radius 1 is 1.08 bits per heavy atom. The lowest BCUT2D eigenvalue weighted by Crippen LogP contribution is -2.59. The van der Waals surface area contributed by atoms with E-state index >= 15 is 0 Å². The molecular formula is C19H22N2O5. The van der Waals surface area contributed by atoms with Crippen LogP contribution in [-0.4, -0.2) is 27.9 Å². The van der Waals surface area contributed by atoms with Gasteiger partial charge in [0.2, 0.25) is 0 Å². The van der Waals surface area contributed by atoms with Gasteiger partial charge >= 0.3 is 5.97 Å². The van der Waals surface area contributed by atoms with Crippen LogP contribution in [0.2, 0.25) is 0 Å². The summed E-state index contributed by atoms with van der Waals surface area (Å²) in [6.07, 6.45) is 6.20. The van der Waals surface area contributed by atoms with Crippen molar-refractivity contribution in [3.05, 3.63) is 39.9 Å². The Labute approximate surface area is 150 Å². The highest BCUT2D eigenvalue weighted by molar-refractivity contribution is 5.97. The first-order valence-electron chi connectivity index (χ1n) is 9.14. The molecule has 7 heteroatoms. The third-order valence-corrected chi connectivity index (χ3v) is 6.56. The van der Waals surface area contributed by atoms with Gasteiger partial charge in [-0.05, 0) is 68.4 Å². The maximum Gasteiger partial charge on any atom is 0.326 e. The van der Waals surface area contributed by atoms with Crippen molar-refractivity contribution >= 4 is 17.6 Å². The first-order valence-corrected chi connectivity index (χ1v) is 9.14. The van der Waals surface area contributed by atoms with Gasteiger partial charge in [0.05, 0.1) is 4.92 Å². The number of rotatable bonds is 5. The highest BCUT2D eigenvalue weighted by Crippen LogP contribution is 2.61. The fourth-order valence-electron chi connectivity index (χ4n) is 5.96. The fourth-order valence-corrected chi connectivity index (χ4v) is 5.96. The summed E-state index contributed by atoms with van der Waals surface area (Å²) in [6.45, 7) is 0. The Bertz CT molecular complexity index is 722. The second-order valence-corrected chi connectivity index (χ2v) is 8.33. The molecule has 4 fully saturated rings. The van der Waals surface area contributed by atoms with Crippen molar-refractivity contribution in [1.29, 1.82) is 0 Å². The molecule has 4 saturated carbocycles. The van der Waals surface area contributed by atoms with Crippen LogP contribution >= 0.6 is 0 Å². The Kier molecular flexibility index (Phi) is 3.97. The number of carbonyl (C=O) groups is 2. The monoisotopic (exact) mass is 358 g/mol. The number of hydrogen-bond donors (Lipinski definition) is 2. The van der Waals surface area contributed by atoms with Gasteiger partial charge in [0, 0.05) is 23.1 Å². The van der Waals surface area contributed by atoms with Crippen molar-refractivity contribution in [3.63, 3.8) is 0 Å². The number of nitro benzene ring substituents is 1. The molecule has 0 spiro atoms. The maximum atomic E-state index is 12.6. The van der Waals surface area contributed by atoms with E-state index < -0.39 is 22.8 Å². The zero-order valence-corrected chi connectivity index (χ0v) is 14.4. The normalized spacial score (nSPS) is 32.8. The average molecular weight is 358 g/mol. The van der Waals surface area contributed by atoms with Crippen molar-refractivity contribution in [2.75, 3.05) is 0 Å². The molecule has 4 aliphatic carbocycles. The Hall–Kier alpha value is -2.44. The van der Waals surface area contributed by atoms with Crippen LogP contribution in [0.5, 0.6) is 0 Å². The first-order chi connectivity index (χ1) is 12.4. The highest BCUT2D eigenvalue weighted by atomic mass is 16.6. The number of non-ortho nitro benzene ring substituents is 1. The van der Waals surface area contributed by atoms with Crippen LogP contribution in [0.4, 0.5) is 5.69 Å². The SMILES string of the molecule is O=C(N[C@H](C(=O)O)C12CC3CC(CC(C3)C1)C2)c1ccc([N+](=O)[O-])cc1. The van der Waals surface area contributed by atoms with E-state index in [4.69, 9.17) is 0 Å². The average Bonchev–Trinajstić information content (AvgIpc) is 2.58. The van der Waals surface area contributed by atoms with E-state index in [0.29, 0.717) is 17.8 Å². The van der Waals surface area contributed by atoms with Gasteiger partial charge in [0.1, 0.15) is 6.04 Å². The molecule has 4 aliphatic rings. The van der Waals surface area contributed by atoms with Crippen molar-refractivity contribution < 1.29 is 19.6 Å². The minimum Gasteiger partial charge on any atom is -0.480 e. The summed E-state index contributed by atoms with van der Waals surface area (Å²) in [6, 6.07) is 4.35. The summed E-state index contributed by atoms with van der Waals surface area (Å²) in [5, 5.41) is 23.3. The van der Waals surface area contributed by atoms with Gasteiger partial charge in [-0.2, -0.15) is 0 Å². The van der Waals surface area contributed by atoms with Gasteiger partial charge in [-0.15, -0.1) is 0 Å².